The Labute approximate surface area is 201 Å². The van der Waals surface area contributed by atoms with Crippen LogP contribution in [-0.4, -0.2) is 42.6 Å². The molecule has 8 heteroatoms. The summed E-state index contributed by atoms with van der Waals surface area (Å²) in [5, 5.41) is 4.85. The third-order valence-electron chi connectivity index (χ3n) is 4.84. The van der Waals surface area contributed by atoms with Crippen molar-refractivity contribution in [3.05, 3.63) is 51.8 Å². The Bertz CT molecular complexity index is 1020. The monoisotopic (exact) mass is 475 g/mol. The van der Waals surface area contributed by atoms with E-state index in [1.807, 2.05) is 32.9 Å². The summed E-state index contributed by atoms with van der Waals surface area (Å²) >= 11 is 6.58. The SMILES string of the molecule is C/N=C\C(=C(\OCOC(=O)OCC(C)C)c1c(Cl)c(C)nn1C)c1ccc(C(C)(C)C)cc1. The van der Waals surface area contributed by atoms with Gasteiger partial charge in [0.15, 0.2) is 5.76 Å². The highest BCUT2D eigenvalue weighted by atomic mass is 35.5. The maximum absolute atomic E-state index is 11.9. The zero-order valence-corrected chi connectivity index (χ0v) is 21.5. The van der Waals surface area contributed by atoms with E-state index in [-0.39, 0.29) is 24.7 Å². The number of aryl methyl sites for hydroxylation is 2. The van der Waals surface area contributed by atoms with Gasteiger partial charge in [0.2, 0.25) is 6.79 Å². The van der Waals surface area contributed by atoms with Crippen LogP contribution in [0.25, 0.3) is 11.3 Å². The first-order valence-electron chi connectivity index (χ1n) is 10.8. The molecule has 0 saturated heterocycles. The largest absolute Gasteiger partial charge is 0.511 e. The second kappa shape index (κ2) is 11.4. The third-order valence-corrected chi connectivity index (χ3v) is 5.30. The molecule has 0 amide bonds. The number of rotatable bonds is 8. The molecule has 0 unspecified atom stereocenters. The number of hydrogen-bond donors (Lipinski definition) is 0. The number of ether oxygens (including phenoxy) is 3. The van der Waals surface area contributed by atoms with Crippen molar-refractivity contribution in [1.82, 2.24) is 9.78 Å². The number of hydrogen-bond acceptors (Lipinski definition) is 6. The second-order valence-electron chi connectivity index (χ2n) is 9.19. The summed E-state index contributed by atoms with van der Waals surface area (Å²) in [6.45, 7) is 12.1. The van der Waals surface area contributed by atoms with Crippen LogP contribution in [0, 0.1) is 12.8 Å². The van der Waals surface area contributed by atoms with Gasteiger partial charge in [-0.3, -0.25) is 9.67 Å². The van der Waals surface area contributed by atoms with Crippen molar-refractivity contribution in [2.45, 2.75) is 47.0 Å². The highest BCUT2D eigenvalue weighted by Crippen LogP contribution is 2.33. The zero-order chi connectivity index (χ0) is 24.8. The average Bonchev–Trinajstić information content (AvgIpc) is 2.99. The van der Waals surface area contributed by atoms with Gasteiger partial charge in [-0.15, -0.1) is 0 Å². The maximum Gasteiger partial charge on any atom is 0.511 e. The van der Waals surface area contributed by atoms with Gasteiger partial charge in [-0.1, -0.05) is 70.5 Å². The van der Waals surface area contributed by atoms with E-state index in [4.69, 9.17) is 25.8 Å². The van der Waals surface area contributed by atoms with Crippen molar-refractivity contribution < 1.29 is 19.0 Å². The van der Waals surface area contributed by atoms with Crippen molar-refractivity contribution in [3.8, 4) is 0 Å². The Kier molecular flexibility index (Phi) is 9.11. The number of carbonyl (C=O) groups is 1. The van der Waals surface area contributed by atoms with E-state index >= 15 is 0 Å². The summed E-state index contributed by atoms with van der Waals surface area (Å²) < 4.78 is 17.8. The molecule has 0 aliphatic heterocycles. The van der Waals surface area contributed by atoms with Crippen LogP contribution >= 0.6 is 11.6 Å². The molecule has 0 aliphatic rings. The summed E-state index contributed by atoms with van der Waals surface area (Å²) in [6.07, 6.45) is 0.896. The molecule has 0 N–H and O–H groups in total. The number of nitrogens with zero attached hydrogens (tertiary/aromatic N) is 3. The van der Waals surface area contributed by atoms with E-state index in [0.717, 1.165) is 5.56 Å². The number of halogens is 1. The van der Waals surface area contributed by atoms with Gasteiger partial charge in [-0.2, -0.15) is 5.10 Å². The van der Waals surface area contributed by atoms with E-state index in [9.17, 15) is 4.79 Å². The molecule has 2 rings (SSSR count). The summed E-state index contributed by atoms with van der Waals surface area (Å²) in [6, 6.07) is 8.17. The van der Waals surface area contributed by atoms with Gasteiger partial charge < -0.3 is 14.2 Å². The Balaban J connectivity index is 2.49. The van der Waals surface area contributed by atoms with Gasteiger partial charge in [0.1, 0.15) is 5.69 Å². The average molecular weight is 476 g/mol. The summed E-state index contributed by atoms with van der Waals surface area (Å²) in [5.41, 5.74) is 3.99. The van der Waals surface area contributed by atoms with E-state index in [0.29, 0.717) is 27.7 Å². The molecule has 0 radical (unpaired) electrons. The first-order valence-corrected chi connectivity index (χ1v) is 11.2. The minimum absolute atomic E-state index is 0.0211. The van der Waals surface area contributed by atoms with Crippen molar-refractivity contribution in [3.63, 3.8) is 0 Å². The molecular weight excluding hydrogens is 442 g/mol. The fourth-order valence-electron chi connectivity index (χ4n) is 3.11. The summed E-state index contributed by atoms with van der Waals surface area (Å²) in [5.74, 6) is 0.599. The smallest absolute Gasteiger partial charge is 0.454 e. The Morgan fingerprint density at radius 1 is 1.18 bits per heavy atom. The lowest BCUT2D eigenvalue weighted by Crippen LogP contribution is -2.14. The lowest BCUT2D eigenvalue weighted by molar-refractivity contribution is -0.00942. The number of allylic oxidation sites excluding steroid dienone is 1. The Morgan fingerprint density at radius 3 is 2.30 bits per heavy atom. The predicted octanol–water partition coefficient (Wildman–Crippen LogP) is 6.03. The number of benzene rings is 1. The van der Waals surface area contributed by atoms with E-state index in [1.54, 1.807) is 25.0 Å². The molecule has 2 aromatic rings. The summed E-state index contributed by atoms with van der Waals surface area (Å²) in [7, 11) is 3.45. The topological polar surface area (TPSA) is 74.9 Å². The van der Waals surface area contributed by atoms with Gasteiger partial charge >= 0.3 is 6.16 Å². The minimum atomic E-state index is -0.796. The quantitative estimate of drug-likeness (QED) is 0.201. The van der Waals surface area contributed by atoms with Crippen LogP contribution in [-0.2, 0) is 26.7 Å². The molecule has 0 aliphatic carbocycles. The van der Waals surface area contributed by atoms with Crippen molar-refractivity contribution in [2.24, 2.45) is 18.0 Å². The zero-order valence-electron chi connectivity index (χ0n) is 20.7. The van der Waals surface area contributed by atoms with Crippen LogP contribution in [0.15, 0.2) is 29.3 Å². The molecule has 1 aromatic carbocycles. The molecule has 0 fully saturated rings. The molecule has 1 aromatic heterocycles. The molecule has 33 heavy (non-hydrogen) atoms. The lowest BCUT2D eigenvalue weighted by Gasteiger charge is -2.20. The molecule has 7 nitrogen and oxygen atoms in total. The Morgan fingerprint density at radius 2 is 1.82 bits per heavy atom. The molecule has 0 spiro atoms. The molecule has 0 bridgehead atoms. The second-order valence-corrected chi connectivity index (χ2v) is 9.57. The van der Waals surface area contributed by atoms with Crippen LogP contribution in [0.3, 0.4) is 0 Å². The van der Waals surface area contributed by atoms with Gasteiger partial charge in [0, 0.05) is 25.9 Å². The molecule has 180 valence electrons. The summed E-state index contributed by atoms with van der Waals surface area (Å²) in [4.78, 5) is 16.1. The fraction of sp³-hybridized carbons (Fsp3) is 0.480. The van der Waals surface area contributed by atoms with E-state index < -0.39 is 6.16 Å². The van der Waals surface area contributed by atoms with Crippen LogP contribution in [0.4, 0.5) is 4.79 Å². The van der Waals surface area contributed by atoms with Gasteiger partial charge in [-0.05, 0) is 29.4 Å². The van der Waals surface area contributed by atoms with Crippen molar-refractivity contribution in [1.29, 1.82) is 0 Å². The van der Waals surface area contributed by atoms with E-state index in [2.05, 4.69) is 43.0 Å². The number of aliphatic imine (C=N–C) groups is 1. The highest BCUT2D eigenvalue weighted by molar-refractivity contribution is 6.33. The number of aromatic nitrogens is 2. The van der Waals surface area contributed by atoms with Crippen molar-refractivity contribution in [2.75, 3.05) is 20.4 Å². The first kappa shape index (κ1) is 26.5. The Hall–Kier alpha value is -2.80. The van der Waals surface area contributed by atoms with Crippen LogP contribution in [0.5, 0.6) is 0 Å². The highest BCUT2D eigenvalue weighted by Gasteiger charge is 2.23. The van der Waals surface area contributed by atoms with Gasteiger partial charge in [0.05, 0.1) is 17.3 Å². The lowest BCUT2D eigenvalue weighted by atomic mass is 9.86. The maximum atomic E-state index is 11.9. The van der Waals surface area contributed by atoms with Crippen molar-refractivity contribution >= 4 is 35.3 Å². The predicted molar refractivity (Wildman–Crippen MR) is 133 cm³/mol. The van der Waals surface area contributed by atoms with Crippen LogP contribution in [0.1, 0.15) is 57.1 Å². The molecule has 0 atom stereocenters. The fourth-order valence-corrected chi connectivity index (χ4v) is 3.35. The third kappa shape index (κ3) is 7.09. The minimum Gasteiger partial charge on any atom is -0.454 e. The molecular formula is C25H34ClN3O4. The normalized spacial score (nSPS) is 12.8. The molecule has 1 heterocycles. The van der Waals surface area contributed by atoms with Gasteiger partial charge in [0.25, 0.3) is 0 Å². The number of carbonyl (C=O) groups excluding carboxylic acids is 1. The van der Waals surface area contributed by atoms with Crippen LogP contribution < -0.4 is 0 Å². The van der Waals surface area contributed by atoms with Gasteiger partial charge in [-0.25, -0.2) is 4.79 Å². The molecule has 0 saturated carbocycles. The first-order chi connectivity index (χ1) is 15.5. The van der Waals surface area contributed by atoms with E-state index in [1.165, 1.54) is 5.56 Å². The van der Waals surface area contributed by atoms with Crippen LogP contribution in [0.2, 0.25) is 5.02 Å². The standard InChI is InChI=1S/C25H34ClN3O4/c1-16(2)14-31-24(30)33-15-32-23(22-21(26)17(3)28-29(22)8)20(13-27-7)18-9-11-19(12-10-18)25(4,5)6/h9-13,16H,14-15H2,1-8H3/b23-20-,27-13-.